The van der Waals surface area contributed by atoms with E-state index < -0.39 is 0 Å². The Bertz CT molecular complexity index is 187. The van der Waals surface area contributed by atoms with E-state index in [9.17, 15) is 0 Å². The number of nitrogens with zero attached hydrogens (tertiary/aromatic N) is 2. The van der Waals surface area contributed by atoms with Gasteiger partial charge in [0.15, 0.2) is 0 Å². The van der Waals surface area contributed by atoms with E-state index in [1.807, 2.05) is 0 Å². The summed E-state index contributed by atoms with van der Waals surface area (Å²) < 4.78 is 0. The predicted octanol–water partition coefficient (Wildman–Crippen LogP) is 2.80. The molecular weight excluding hydrogens is 172 g/mol. The highest BCUT2D eigenvalue weighted by molar-refractivity contribution is 4.84. The molecule has 1 saturated carbocycles. The van der Waals surface area contributed by atoms with Crippen LogP contribution < -0.4 is 0 Å². The van der Waals surface area contributed by atoms with Gasteiger partial charge < -0.3 is 0 Å². The van der Waals surface area contributed by atoms with Gasteiger partial charge in [-0.15, -0.1) is 0 Å². The van der Waals surface area contributed by atoms with Crippen LogP contribution in [0.4, 0.5) is 0 Å². The molecule has 1 aliphatic rings. The van der Waals surface area contributed by atoms with Gasteiger partial charge in [0, 0.05) is 6.04 Å². The van der Waals surface area contributed by atoms with E-state index in [4.69, 9.17) is 5.26 Å². The lowest BCUT2D eigenvalue weighted by Gasteiger charge is -2.26. The lowest BCUT2D eigenvalue weighted by molar-refractivity contribution is 0.211. The van der Waals surface area contributed by atoms with Gasteiger partial charge in [-0.1, -0.05) is 26.7 Å². The van der Waals surface area contributed by atoms with Gasteiger partial charge in [0.1, 0.15) is 0 Å². The molecule has 14 heavy (non-hydrogen) atoms. The lowest BCUT2D eigenvalue weighted by Crippen LogP contribution is -2.35. The molecule has 0 radical (unpaired) electrons. The van der Waals surface area contributed by atoms with Gasteiger partial charge in [-0.25, -0.2) is 0 Å². The van der Waals surface area contributed by atoms with Crippen molar-refractivity contribution < 1.29 is 0 Å². The summed E-state index contributed by atoms with van der Waals surface area (Å²) in [4.78, 5) is 2.38. The van der Waals surface area contributed by atoms with Gasteiger partial charge >= 0.3 is 0 Å². The van der Waals surface area contributed by atoms with E-state index in [-0.39, 0.29) is 0 Å². The number of nitriles is 1. The minimum absolute atomic E-state index is 0.622. The normalized spacial score (nSPS) is 17.9. The third-order valence-corrected chi connectivity index (χ3v) is 3.11. The maximum Gasteiger partial charge on any atom is 0.0868 e. The summed E-state index contributed by atoms with van der Waals surface area (Å²) in [6, 6.07) is 3.00. The fourth-order valence-electron chi connectivity index (χ4n) is 2.17. The molecule has 0 aromatic carbocycles. The minimum Gasteiger partial charge on any atom is -0.288 e. The van der Waals surface area contributed by atoms with Gasteiger partial charge in [0.25, 0.3) is 0 Å². The Labute approximate surface area is 87.9 Å². The Morgan fingerprint density at radius 3 is 2.50 bits per heavy atom. The Hall–Kier alpha value is -0.550. The summed E-state index contributed by atoms with van der Waals surface area (Å²) in [5, 5.41) is 8.77. The third kappa shape index (κ3) is 3.67. The molecule has 0 bridgehead atoms. The van der Waals surface area contributed by atoms with Crippen molar-refractivity contribution >= 4 is 0 Å². The predicted molar refractivity (Wildman–Crippen MR) is 58.9 cm³/mol. The molecule has 1 aliphatic carbocycles. The maximum atomic E-state index is 8.77. The third-order valence-electron chi connectivity index (χ3n) is 3.11. The summed E-state index contributed by atoms with van der Waals surface area (Å²) in [7, 11) is 0. The van der Waals surface area contributed by atoms with Crippen molar-refractivity contribution in [3.05, 3.63) is 0 Å². The molecule has 0 amide bonds. The van der Waals surface area contributed by atoms with E-state index in [1.165, 1.54) is 32.1 Å². The van der Waals surface area contributed by atoms with Gasteiger partial charge in [-0.3, -0.25) is 4.90 Å². The van der Waals surface area contributed by atoms with Crippen molar-refractivity contribution in [2.24, 2.45) is 5.92 Å². The van der Waals surface area contributed by atoms with Crippen LogP contribution >= 0.6 is 0 Å². The van der Waals surface area contributed by atoms with E-state index in [0.717, 1.165) is 12.5 Å². The second kappa shape index (κ2) is 6.03. The average Bonchev–Trinajstić information content (AvgIpc) is 2.64. The SMILES string of the molecule is CC(C)CCN(CC#N)C1CCCC1. The molecular formula is C12H22N2. The van der Waals surface area contributed by atoms with Gasteiger partial charge in [0.05, 0.1) is 12.6 Å². The summed E-state index contributed by atoms with van der Waals surface area (Å²) >= 11 is 0. The molecule has 2 nitrogen and oxygen atoms in total. The fourth-order valence-corrected chi connectivity index (χ4v) is 2.17. The molecule has 0 heterocycles. The first-order chi connectivity index (χ1) is 6.74. The van der Waals surface area contributed by atoms with Crippen LogP contribution in [0.15, 0.2) is 0 Å². The molecule has 1 rings (SSSR count). The van der Waals surface area contributed by atoms with Crippen LogP contribution in [-0.2, 0) is 0 Å². The Morgan fingerprint density at radius 2 is 2.00 bits per heavy atom. The standard InChI is InChI=1S/C12H22N2/c1-11(2)7-9-14(10-8-13)12-5-3-4-6-12/h11-12H,3-7,9-10H2,1-2H3. The number of hydrogen-bond acceptors (Lipinski definition) is 2. The topological polar surface area (TPSA) is 27.0 Å². The molecule has 0 aliphatic heterocycles. The zero-order valence-corrected chi connectivity index (χ0v) is 9.50. The zero-order chi connectivity index (χ0) is 10.4. The van der Waals surface area contributed by atoms with Crippen LogP contribution in [0.25, 0.3) is 0 Å². The maximum absolute atomic E-state index is 8.77. The van der Waals surface area contributed by atoms with E-state index in [1.54, 1.807) is 0 Å². The highest BCUT2D eigenvalue weighted by Gasteiger charge is 2.21. The largest absolute Gasteiger partial charge is 0.288 e. The highest BCUT2D eigenvalue weighted by Crippen LogP contribution is 2.23. The van der Waals surface area contributed by atoms with Crippen molar-refractivity contribution in [3.8, 4) is 6.07 Å². The number of rotatable bonds is 5. The average molecular weight is 194 g/mol. The van der Waals surface area contributed by atoms with Crippen molar-refractivity contribution in [2.75, 3.05) is 13.1 Å². The van der Waals surface area contributed by atoms with Crippen molar-refractivity contribution in [1.29, 1.82) is 5.26 Å². The van der Waals surface area contributed by atoms with Gasteiger partial charge in [-0.2, -0.15) is 5.26 Å². The summed E-state index contributed by atoms with van der Waals surface area (Å²) in [6.07, 6.45) is 6.54. The van der Waals surface area contributed by atoms with Crippen LogP contribution in [0.2, 0.25) is 0 Å². The molecule has 80 valence electrons. The van der Waals surface area contributed by atoms with Crippen LogP contribution in [0.1, 0.15) is 46.0 Å². The first-order valence-electron chi connectivity index (χ1n) is 5.85. The molecule has 0 atom stereocenters. The van der Waals surface area contributed by atoms with Crippen LogP contribution in [0.3, 0.4) is 0 Å². The summed E-state index contributed by atoms with van der Waals surface area (Å²) in [6.45, 7) is 6.23. The quantitative estimate of drug-likeness (QED) is 0.629. The van der Waals surface area contributed by atoms with Crippen molar-refractivity contribution in [3.63, 3.8) is 0 Å². The van der Waals surface area contributed by atoms with Gasteiger partial charge in [0.2, 0.25) is 0 Å². The molecule has 1 fully saturated rings. The second-order valence-electron chi connectivity index (χ2n) is 4.75. The van der Waals surface area contributed by atoms with Crippen LogP contribution in [0, 0.1) is 17.2 Å². The smallest absolute Gasteiger partial charge is 0.0868 e. The van der Waals surface area contributed by atoms with E-state index >= 15 is 0 Å². The second-order valence-corrected chi connectivity index (χ2v) is 4.75. The van der Waals surface area contributed by atoms with E-state index in [0.29, 0.717) is 12.6 Å². The highest BCUT2D eigenvalue weighted by atomic mass is 15.1. The van der Waals surface area contributed by atoms with Crippen LogP contribution in [0.5, 0.6) is 0 Å². The Kier molecular flexibility index (Phi) is 4.97. The Morgan fingerprint density at radius 1 is 1.36 bits per heavy atom. The lowest BCUT2D eigenvalue weighted by atomic mass is 10.1. The Balaban J connectivity index is 2.34. The molecule has 0 saturated heterocycles. The molecule has 0 aromatic rings. The molecule has 0 spiro atoms. The van der Waals surface area contributed by atoms with Gasteiger partial charge in [-0.05, 0) is 31.7 Å². The van der Waals surface area contributed by atoms with E-state index in [2.05, 4.69) is 24.8 Å². The van der Waals surface area contributed by atoms with Crippen molar-refractivity contribution in [2.45, 2.75) is 52.0 Å². The molecule has 0 unspecified atom stereocenters. The number of hydrogen-bond donors (Lipinski definition) is 0. The molecule has 0 N–H and O–H groups in total. The summed E-state index contributed by atoms with van der Waals surface area (Å²) in [5.41, 5.74) is 0. The summed E-state index contributed by atoms with van der Waals surface area (Å²) in [5.74, 6) is 0.748. The zero-order valence-electron chi connectivity index (χ0n) is 9.50. The minimum atomic E-state index is 0.622. The monoisotopic (exact) mass is 194 g/mol. The molecule has 2 heteroatoms. The van der Waals surface area contributed by atoms with Crippen molar-refractivity contribution in [1.82, 2.24) is 4.90 Å². The first kappa shape index (κ1) is 11.5. The first-order valence-corrected chi connectivity index (χ1v) is 5.85. The fraction of sp³-hybridized carbons (Fsp3) is 0.917. The van der Waals surface area contributed by atoms with Crippen LogP contribution in [-0.4, -0.2) is 24.0 Å². The molecule has 0 aromatic heterocycles.